The lowest BCUT2D eigenvalue weighted by Crippen LogP contribution is -2.33. The maximum atomic E-state index is 9.84. The largest absolute Gasteiger partial charge is 0.389 e. The molecule has 2 atom stereocenters. The fourth-order valence-electron chi connectivity index (χ4n) is 2.01. The summed E-state index contributed by atoms with van der Waals surface area (Å²) in [4.78, 5) is 6.00. The van der Waals surface area contributed by atoms with Crippen LogP contribution in [0.4, 0.5) is 5.69 Å². The molecule has 2 unspecified atom stereocenters. The molecule has 2 N–H and O–H groups in total. The van der Waals surface area contributed by atoms with E-state index in [0.29, 0.717) is 37.7 Å². The van der Waals surface area contributed by atoms with Crippen LogP contribution in [0.5, 0.6) is 0 Å². The van der Waals surface area contributed by atoms with Crippen LogP contribution < -0.4 is 4.90 Å². The van der Waals surface area contributed by atoms with E-state index < -0.39 is 12.4 Å². The van der Waals surface area contributed by atoms with Crippen molar-refractivity contribution < 1.29 is 19.7 Å². The molecule has 1 aromatic rings. The molecule has 0 aromatic carbocycles. The molecule has 106 valence electrons. The molecule has 0 bridgehead atoms. The number of hydrogen-bond acceptors (Lipinski definition) is 6. The second-order valence-electron chi connectivity index (χ2n) is 4.30. The normalized spacial score (nSPS) is 22.1. The van der Waals surface area contributed by atoms with Crippen LogP contribution in [0.25, 0.3) is 0 Å². The molecule has 2 rings (SSSR count). The highest BCUT2D eigenvalue weighted by atomic mass is 35.5. The SMILES string of the molecule is COC(O)c1nc(Cl)ccc1N1CCOCC(O)C1. The maximum absolute atomic E-state index is 9.84. The molecule has 1 fully saturated rings. The second-order valence-corrected chi connectivity index (χ2v) is 4.69. The lowest BCUT2D eigenvalue weighted by Gasteiger charge is -2.26. The van der Waals surface area contributed by atoms with Gasteiger partial charge < -0.3 is 24.6 Å². The Morgan fingerprint density at radius 1 is 1.58 bits per heavy atom. The van der Waals surface area contributed by atoms with Gasteiger partial charge in [0.05, 0.1) is 25.0 Å². The second kappa shape index (κ2) is 6.49. The maximum Gasteiger partial charge on any atom is 0.200 e. The zero-order valence-electron chi connectivity index (χ0n) is 10.6. The molecule has 0 aliphatic carbocycles. The van der Waals surface area contributed by atoms with Gasteiger partial charge in [0.2, 0.25) is 0 Å². The van der Waals surface area contributed by atoms with E-state index in [-0.39, 0.29) is 5.15 Å². The van der Waals surface area contributed by atoms with Crippen LogP contribution in [0.2, 0.25) is 5.15 Å². The van der Waals surface area contributed by atoms with Gasteiger partial charge in [-0.25, -0.2) is 4.98 Å². The Kier molecular flexibility index (Phi) is 4.95. The molecule has 7 heteroatoms. The first kappa shape index (κ1) is 14.5. The molecule has 1 aromatic heterocycles. The van der Waals surface area contributed by atoms with Gasteiger partial charge in [-0.1, -0.05) is 11.6 Å². The molecule has 19 heavy (non-hydrogen) atoms. The van der Waals surface area contributed by atoms with Gasteiger partial charge in [-0.05, 0) is 12.1 Å². The topological polar surface area (TPSA) is 75.1 Å². The number of aliphatic hydroxyl groups is 2. The van der Waals surface area contributed by atoms with Crippen LogP contribution >= 0.6 is 11.6 Å². The Morgan fingerprint density at radius 3 is 3.11 bits per heavy atom. The molecule has 6 nitrogen and oxygen atoms in total. The van der Waals surface area contributed by atoms with E-state index in [4.69, 9.17) is 21.1 Å². The van der Waals surface area contributed by atoms with Crippen LogP contribution in [-0.4, -0.2) is 54.7 Å². The van der Waals surface area contributed by atoms with Gasteiger partial charge in [-0.2, -0.15) is 0 Å². The Balaban J connectivity index is 2.31. The Hall–Kier alpha value is -0.920. The smallest absolute Gasteiger partial charge is 0.200 e. The standard InChI is InChI=1S/C12H17ClN2O4/c1-18-12(17)11-9(2-3-10(13)14-11)15-4-5-19-7-8(16)6-15/h2-3,8,12,16-17H,4-7H2,1H3. The number of β-amino-alcohol motifs (C(OH)–C–C–N with tert-alkyl or cyclic N) is 1. The molecule has 0 saturated carbocycles. The van der Waals surface area contributed by atoms with Gasteiger partial charge in [-0.15, -0.1) is 0 Å². The van der Waals surface area contributed by atoms with E-state index >= 15 is 0 Å². The fraction of sp³-hybridized carbons (Fsp3) is 0.583. The van der Waals surface area contributed by atoms with Crippen molar-refractivity contribution in [3.8, 4) is 0 Å². The summed E-state index contributed by atoms with van der Waals surface area (Å²) in [7, 11) is 1.39. The highest BCUT2D eigenvalue weighted by Gasteiger charge is 2.23. The molecule has 1 aliphatic heterocycles. The first-order valence-corrected chi connectivity index (χ1v) is 6.37. The summed E-state index contributed by atoms with van der Waals surface area (Å²) in [5, 5.41) is 19.9. The lowest BCUT2D eigenvalue weighted by molar-refractivity contribution is -0.0795. The monoisotopic (exact) mass is 288 g/mol. The predicted octanol–water partition coefficient (Wildman–Crippen LogP) is 0.570. The van der Waals surface area contributed by atoms with Gasteiger partial charge in [0.1, 0.15) is 10.8 Å². The van der Waals surface area contributed by atoms with Crippen LogP contribution in [-0.2, 0) is 9.47 Å². The van der Waals surface area contributed by atoms with E-state index in [0.717, 1.165) is 0 Å². The third kappa shape index (κ3) is 3.55. The van der Waals surface area contributed by atoms with Crippen molar-refractivity contribution in [2.45, 2.75) is 12.4 Å². The minimum absolute atomic E-state index is 0.279. The van der Waals surface area contributed by atoms with Crippen LogP contribution in [0.1, 0.15) is 12.0 Å². The Bertz CT molecular complexity index is 432. The van der Waals surface area contributed by atoms with E-state index in [1.807, 2.05) is 4.90 Å². The van der Waals surface area contributed by atoms with Crippen LogP contribution in [0.15, 0.2) is 12.1 Å². The molecular weight excluding hydrogens is 272 g/mol. The van der Waals surface area contributed by atoms with Crippen molar-refractivity contribution in [1.29, 1.82) is 0 Å². The van der Waals surface area contributed by atoms with Gasteiger partial charge in [0.25, 0.3) is 0 Å². The number of aromatic nitrogens is 1. The van der Waals surface area contributed by atoms with Crippen molar-refractivity contribution in [2.24, 2.45) is 0 Å². The highest BCUT2D eigenvalue weighted by molar-refractivity contribution is 6.29. The summed E-state index contributed by atoms with van der Waals surface area (Å²) in [6.07, 6.45) is -1.74. The number of rotatable bonds is 3. The third-order valence-corrected chi connectivity index (χ3v) is 3.12. The van der Waals surface area contributed by atoms with Crippen molar-refractivity contribution in [2.75, 3.05) is 38.3 Å². The number of ether oxygens (including phenoxy) is 2. The highest BCUT2D eigenvalue weighted by Crippen LogP contribution is 2.27. The van der Waals surface area contributed by atoms with Gasteiger partial charge in [0.15, 0.2) is 6.29 Å². The quantitative estimate of drug-likeness (QED) is 0.626. The number of pyridine rings is 1. The number of hydrogen-bond donors (Lipinski definition) is 2. The molecule has 0 amide bonds. The van der Waals surface area contributed by atoms with E-state index in [9.17, 15) is 10.2 Å². The van der Waals surface area contributed by atoms with Crippen molar-refractivity contribution >= 4 is 17.3 Å². The van der Waals surface area contributed by atoms with E-state index in [2.05, 4.69) is 4.98 Å². The number of anilines is 1. The van der Waals surface area contributed by atoms with Crippen molar-refractivity contribution in [3.63, 3.8) is 0 Å². The molecule has 1 aliphatic rings. The van der Waals surface area contributed by atoms with Crippen molar-refractivity contribution in [3.05, 3.63) is 23.0 Å². The van der Waals surface area contributed by atoms with E-state index in [1.165, 1.54) is 7.11 Å². The summed E-state index contributed by atoms with van der Waals surface area (Å²) in [6, 6.07) is 3.39. The third-order valence-electron chi connectivity index (χ3n) is 2.91. The summed E-state index contributed by atoms with van der Waals surface area (Å²) < 4.78 is 10.2. The average Bonchev–Trinajstić information content (AvgIpc) is 2.62. The summed E-state index contributed by atoms with van der Waals surface area (Å²) in [6.45, 7) is 1.82. The minimum atomic E-state index is -1.16. The first-order valence-electron chi connectivity index (χ1n) is 6.00. The average molecular weight is 289 g/mol. The Morgan fingerprint density at radius 2 is 2.37 bits per heavy atom. The number of methoxy groups -OCH3 is 1. The number of nitrogens with zero attached hydrogens (tertiary/aromatic N) is 2. The van der Waals surface area contributed by atoms with E-state index in [1.54, 1.807) is 12.1 Å². The van der Waals surface area contributed by atoms with Crippen LogP contribution in [0.3, 0.4) is 0 Å². The molecule has 1 saturated heterocycles. The van der Waals surface area contributed by atoms with Gasteiger partial charge >= 0.3 is 0 Å². The predicted molar refractivity (Wildman–Crippen MR) is 70.3 cm³/mol. The van der Waals surface area contributed by atoms with Gasteiger partial charge in [-0.3, -0.25) is 0 Å². The van der Waals surface area contributed by atoms with Gasteiger partial charge in [0, 0.05) is 20.2 Å². The van der Waals surface area contributed by atoms with Crippen LogP contribution in [0, 0.1) is 0 Å². The molecular formula is C12H17ClN2O4. The number of halogens is 1. The fourth-order valence-corrected chi connectivity index (χ4v) is 2.17. The molecule has 0 spiro atoms. The van der Waals surface area contributed by atoms with Crippen molar-refractivity contribution in [1.82, 2.24) is 4.98 Å². The molecule has 0 radical (unpaired) electrons. The summed E-state index contributed by atoms with van der Waals surface area (Å²) >= 11 is 5.85. The lowest BCUT2D eigenvalue weighted by atomic mass is 10.2. The first-order chi connectivity index (χ1) is 9.11. The zero-order valence-corrected chi connectivity index (χ0v) is 11.4. The summed E-state index contributed by atoms with van der Waals surface area (Å²) in [5.74, 6) is 0. The number of aliphatic hydroxyl groups excluding tert-OH is 2. The Labute approximate surface area is 116 Å². The zero-order chi connectivity index (χ0) is 13.8. The minimum Gasteiger partial charge on any atom is -0.389 e. The summed E-state index contributed by atoms with van der Waals surface area (Å²) in [5.41, 5.74) is 1.02. The molecule has 2 heterocycles.